The maximum absolute atomic E-state index is 12.8. The number of piperidine rings is 1. The van der Waals surface area contributed by atoms with E-state index in [9.17, 15) is 9.59 Å². The normalized spacial score (nSPS) is 15.5. The third kappa shape index (κ3) is 9.30. The van der Waals surface area contributed by atoms with Gasteiger partial charge in [0.1, 0.15) is 11.9 Å². The van der Waals surface area contributed by atoms with E-state index >= 15 is 0 Å². The van der Waals surface area contributed by atoms with Crippen LogP contribution >= 0.6 is 11.6 Å². The number of hydrogen-bond acceptors (Lipinski definition) is 5. The van der Waals surface area contributed by atoms with Gasteiger partial charge in [-0.2, -0.15) is 0 Å². The summed E-state index contributed by atoms with van der Waals surface area (Å²) in [7, 11) is 0. The van der Waals surface area contributed by atoms with Crippen molar-refractivity contribution in [2.24, 2.45) is 5.92 Å². The minimum absolute atomic E-state index is 0.0157. The number of carbonyl (C=O) groups is 2. The van der Waals surface area contributed by atoms with E-state index in [0.29, 0.717) is 34.4 Å². The summed E-state index contributed by atoms with van der Waals surface area (Å²) < 4.78 is 11.7. The molecular formula is C29H38ClNO4. The average Bonchev–Trinajstić information content (AvgIpc) is 2.86. The third-order valence-electron chi connectivity index (χ3n) is 6.57. The van der Waals surface area contributed by atoms with Gasteiger partial charge in [0.25, 0.3) is 0 Å². The molecule has 2 aromatic rings. The molecule has 5 nitrogen and oxygen atoms in total. The lowest BCUT2D eigenvalue weighted by Gasteiger charge is -2.34. The molecule has 0 radical (unpaired) electrons. The summed E-state index contributed by atoms with van der Waals surface area (Å²) in [6.07, 6.45) is 7.76. The zero-order chi connectivity index (χ0) is 25.0. The van der Waals surface area contributed by atoms with Crippen LogP contribution in [-0.4, -0.2) is 49.0 Å². The van der Waals surface area contributed by atoms with Gasteiger partial charge in [-0.15, -0.1) is 0 Å². The molecule has 1 atom stereocenters. The van der Waals surface area contributed by atoms with Crippen molar-refractivity contribution in [3.05, 3.63) is 64.7 Å². The van der Waals surface area contributed by atoms with Crippen LogP contribution in [0.1, 0.15) is 74.7 Å². The monoisotopic (exact) mass is 499 g/mol. The summed E-state index contributed by atoms with van der Waals surface area (Å²) >= 11 is 5.93. The zero-order valence-electron chi connectivity index (χ0n) is 21.0. The maximum Gasteiger partial charge on any atom is 0.302 e. The summed E-state index contributed by atoms with van der Waals surface area (Å²) in [5, 5.41) is 0.610. The summed E-state index contributed by atoms with van der Waals surface area (Å²) in [6.45, 7) is 7.12. The second kappa shape index (κ2) is 14.3. The van der Waals surface area contributed by atoms with E-state index in [4.69, 9.17) is 21.1 Å². The summed E-state index contributed by atoms with van der Waals surface area (Å²) in [4.78, 5) is 26.7. The smallest absolute Gasteiger partial charge is 0.302 e. The molecule has 0 bridgehead atoms. The van der Waals surface area contributed by atoms with Crippen LogP contribution in [-0.2, 0) is 9.53 Å². The molecule has 1 heterocycles. The van der Waals surface area contributed by atoms with E-state index in [1.807, 2.05) is 24.3 Å². The van der Waals surface area contributed by atoms with Crippen LogP contribution in [0.25, 0.3) is 0 Å². The lowest BCUT2D eigenvalue weighted by molar-refractivity contribution is -0.147. The molecule has 1 aliphatic heterocycles. The van der Waals surface area contributed by atoms with Crippen LogP contribution in [0.3, 0.4) is 0 Å². The highest BCUT2D eigenvalue weighted by Crippen LogP contribution is 2.23. The fourth-order valence-electron chi connectivity index (χ4n) is 4.55. The Kier molecular flexibility index (Phi) is 11.1. The van der Waals surface area contributed by atoms with E-state index in [-0.39, 0.29) is 17.9 Å². The first-order valence-electron chi connectivity index (χ1n) is 12.9. The number of unbranched alkanes of at least 4 members (excludes halogenated alkanes) is 3. The molecule has 0 amide bonds. The van der Waals surface area contributed by atoms with Gasteiger partial charge in [0.05, 0.1) is 6.61 Å². The number of esters is 1. The summed E-state index contributed by atoms with van der Waals surface area (Å²) in [5.41, 5.74) is 1.21. The first-order valence-corrected chi connectivity index (χ1v) is 13.2. The third-order valence-corrected chi connectivity index (χ3v) is 6.82. The molecule has 0 aromatic heterocycles. The molecule has 0 saturated carbocycles. The van der Waals surface area contributed by atoms with Crippen LogP contribution < -0.4 is 4.74 Å². The van der Waals surface area contributed by atoms with Crippen molar-refractivity contribution < 1.29 is 19.1 Å². The second-order valence-electron chi connectivity index (χ2n) is 9.50. The number of ketones is 1. The highest BCUT2D eigenvalue weighted by Gasteiger charge is 2.23. The summed E-state index contributed by atoms with van der Waals surface area (Å²) in [6, 6.07) is 14.3. The fourth-order valence-corrected chi connectivity index (χ4v) is 4.68. The van der Waals surface area contributed by atoms with Crippen LogP contribution in [0.4, 0.5) is 0 Å². The lowest BCUT2D eigenvalue weighted by Crippen LogP contribution is -2.41. The molecule has 6 heteroatoms. The van der Waals surface area contributed by atoms with Crippen molar-refractivity contribution in [1.29, 1.82) is 0 Å². The van der Waals surface area contributed by atoms with Crippen molar-refractivity contribution >= 4 is 23.4 Å². The van der Waals surface area contributed by atoms with E-state index in [1.165, 1.54) is 26.2 Å². The highest BCUT2D eigenvalue weighted by molar-refractivity contribution is 6.30. The second-order valence-corrected chi connectivity index (χ2v) is 9.94. The minimum atomic E-state index is -0.189. The van der Waals surface area contributed by atoms with Crippen molar-refractivity contribution in [3.63, 3.8) is 0 Å². The average molecular weight is 500 g/mol. The highest BCUT2D eigenvalue weighted by atomic mass is 35.5. The predicted octanol–water partition coefficient (Wildman–Crippen LogP) is 6.56. The molecular weight excluding hydrogens is 462 g/mol. The molecule has 190 valence electrons. The Hall–Kier alpha value is -2.37. The maximum atomic E-state index is 12.8. The van der Waals surface area contributed by atoms with Gasteiger partial charge < -0.3 is 9.47 Å². The number of hydrogen-bond donors (Lipinski definition) is 0. The quantitative estimate of drug-likeness (QED) is 0.177. The SMILES string of the molecule is CCCCCC[C@@H](CN1CCC(COc2cccc(C(=O)c3ccc(Cl)cc3)c2)CC1)OC(C)=O. The van der Waals surface area contributed by atoms with Crippen molar-refractivity contribution in [3.8, 4) is 5.75 Å². The molecule has 1 aliphatic rings. The van der Waals surface area contributed by atoms with Crippen LogP contribution in [0.5, 0.6) is 5.75 Å². The van der Waals surface area contributed by atoms with Gasteiger partial charge in [0, 0.05) is 29.6 Å². The van der Waals surface area contributed by atoms with Gasteiger partial charge in [-0.3, -0.25) is 14.5 Å². The first kappa shape index (κ1) is 27.2. The van der Waals surface area contributed by atoms with Gasteiger partial charge >= 0.3 is 5.97 Å². The lowest BCUT2D eigenvalue weighted by atomic mass is 9.97. The zero-order valence-corrected chi connectivity index (χ0v) is 21.8. The fraction of sp³-hybridized carbons (Fsp3) is 0.517. The summed E-state index contributed by atoms with van der Waals surface area (Å²) in [5.74, 6) is 0.954. The molecule has 35 heavy (non-hydrogen) atoms. The van der Waals surface area contributed by atoms with Gasteiger partial charge in [-0.1, -0.05) is 49.9 Å². The molecule has 0 aliphatic carbocycles. The van der Waals surface area contributed by atoms with E-state index in [0.717, 1.165) is 45.3 Å². The molecule has 2 aromatic carbocycles. The van der Waals surface area contributed by atoms with Crippen molar-refractivity contribution in [1.82, 2.24) is 4.90 Å². The molecule has 3 rings (SSSR count). The number of rotatable bonds is 13. The Labute approximate surface area is 214 Å². The number of ether oxygens (including phenoxy) is 2. The van der Waals surface area contributed by atoms with Crippen molar-refractivity contribution in [2.75, 3.05) is 26.2 Å². The van der Waals surface area contributed by atoms with Gasteiger partial charge in [-0.25, -0.2) is 0 Å². The predicted molar refractivity (Wildman–Crippen MR) is 140 cm³/mol. The number of carbonyl (C=O) groups excluding carboxylic acids is 2. The van der Waals surface area contributed by atoms with Gasteiger partial charge in [0.15, 0.2) is 5.78 Å². The molecule has 1 fully saturated rings. The number of nitrogens with zero attached hydrogens (tertiary/aromatic N) is 1. The first-order chi connectivity index (χ1) is 16.9. The number of likely N-dealkylation sites (tertiary alicyclic amines) is 1. The van der Waals surface area contributed by atoms with E-state index in [1.54, 1.807) is 24.3 Å². The Morgan fingerprint density at radius 1 is 1.03 bits per heavy atom. The Morgan fingerprint density at radius 3 is 2.46 bits per heavy atom. The van der Waals surface area contributed by atoms with Crippen LogP contribution in [0, 0.1) is 5.92 Å². The standard InChI is InChI=1S/C29H38ClNO4/c1-3-4-5-6-9-28(35-22(2)32)20-31-17-15-23(16-18-31)21-34-27-10-7-8-25(19-27)29(33)24-11-13-26(30)14-12-24/h7-8,10-14,19,23,28H,3-6,9,15-18,20-21H2,1-2H3/t28-/m0/s1. The van der Waals surface area contributed by atoms with Crippen LogP contribution in [0.15, 0.2) is 48.5 Å². The molecule has 0 unspecified atom stereocenters. The van der Waals surface area contributed by atoms with Gasteiger partial charge in [0.2, 0.25) is 0 Å². The number of benzene rings is 2. The van der Waals surface area contributed by atoms with E-state index < -0.39 is 0 Å². The van der Waals surface area contributed by atoms with Crippen molar-refractivity contribution in [2.45, 2.75) is 64.9 Å². The van der Waals surface area contributed by atoms with Gasteiger partial charge in [-0.05, 0) is 81.1 Å². The van der Waals surface area contributed by atoms with Crippen LogP contribution in [0.2, 0.25) is 5.02 Å². The molecule has 0 spiro atoms. The minimum Gasteiger partial charge on any atom is -0.493 e. The number of halogens is 1. The van der Waals surface area contributed by atoms with E-state index in [2.05, 4.69) is 11.8 Å². The Balaban J connectivity index is 1.44. The topological polar surface area (TPSA) is 55.8 Å². The largest absolute Gasteiger partial charge is 0.493 e. The Bertz CT molecular complexity index is 938. The molecule has 1 saturated heterocycles. The Morgan fingerprint density at radius 2 is 1.77 bits per heavy atom. The molecule has 0 N–H and O–H groups in total.